The van der Waals surface area contributed by atoms with Gasteiger partial charge in [-0.05, 0) is 6.07 Å². The highest BCUT2D eigenvalue weighted by Crippen LogP contribution is 2.35. The normalized spacial score (nSPS) is 17.5. The summed E-state index contributed by atoms with van der Waals surface area (Å²) in [6, 6.07) is 2.96. The van der Waals surface area contributed by atoms with Gasteiger partial charge in [0.25, 0.3) is 5.56 Å². The Morgan fingerprint density at radius 2 is 2.47 bits per heavy atom. The maximum Gasteiger partial charge on any atom is 0.260 e. The summed E-state index contributed by atoms with van der Waals surface area (Å²) in [6.07, 6.45) is 0. The molecule has 0 radical (unpaired) electrons. The number of rotatable bonds is 2. The van der Waals surface area contributed by atoms with Crippen molar-refractivity contribution in [2.24, 2.45) is 0 Å². The number of thioether (sulfide) groups is 1. The van der Waals surface area contributed by atoms with Crippen molar-refractivity contribution in [2.45, 2.75) is 11.1 Å². The predicted molar refractivity (Wildman–Crippen MR) is 68.4 cm³/mol. The maximum absolute atomic E-state index is 12.0. The quantitative estimate of drug-likeness (QED) is 0.554. The molecule has 1 aromatic heterocycles. The molecule has 17 heavy (non-hydrogen) atoms. The highest BCUT2D eigenvalue weighted by Gasteiger charge is 2.27. The first-order chi connectivity index (χ1) is 8.10. The van der Waals surface area contributed by atoms with E-state index in [0.717, 1.165) is 6.07 Å². The zero-order valence-corrected chi connectivity index (χ0v) is 11.4. The van der Waals surface area contributed by atoms with Crippen LogP contribution in [0.1, 0.15) is 22.0 Å². The van der Waals surface area contributed by atoms with Crippen molar-refractivity contribution in [3.8, 4) is 6.07 Å². The summed E-state index contributed by atoms with van der Waals surface area (Å²) in [5, 5.41) is 20.4. The van der Waals surface area contributed by atoms with E-state index in [-0.39, 0.29) is 11.6 Å². The Kier molecular flexibility index (Phi) is 3.44. The van der Waals surface area contributed by atoms with Gasteiger partial charge in [0.2, 0.25) is 0 Å². The summed E-state index contributed by atoms with van der Waals surface area (Å²) in [4.78, 5) is 22.8. The second-order valence-corrected chi connectivity index (χ2v) is 5.36. The first kappa shape index (κ1) is 12.4. The van der Waals surface area contributed by atoms with Crippen LogP contribution in [0.15, 0.2) is 15.9 Å². The minimum atomic E-state index is -1.54. The van der Waals surface area contributed by atoms with Crippen LogP contribution in [0.5, 0.6) is 0 Å². The number of carboxylic acids is 1. The van der Waals surface area contributed by atoms with Crippen LogP contribution in [0.3, 0.4) is 0 Å². The molecule has 0 aliphatic carbocycles. The molecular weight excluding hydrogens is 355 g/mol. The number of hydrogen-bond donors (Lipinski definition) is 0. The zero-order chi connectivity index (χ0) is 12.6. The molecule has 5 nitrogen and oxygen atoms in total. The van der Waals surface area contributed by atoms with Crippen molar-refractivity contribution >= 4 is 40.3 Å². The lowest BCUT2D eigenvalue weighted by atomic mass is 10.2. The molecule has 0 spiro atoms. The second-order valence-electron chi connectivity index (χ2n) is 3.47. The fraction of sp³-hybridized carbons (Fsp3) is 0.300. The van der Waals surface area contributed by atoms with Gasteiger partial charge in [0.1, 0.15) is 6.07 Å². The highest BCUT2D eigenvalue weighted by molar-refractivity contribution is 14.1. The number of pyridine rings is 1. The summed E-state index contributed by atoms with van der Waals surface area (Å²) in [5.41, 5.74) is -0.797. The fourth-order valence-corrected chi connectivity index (χ4v) is 4.06. The van der Waals surface area contributed by atoms with Crippen LogP contribution in [0, 0.1) is 11.3 Å². The summed E-state index contributed by atoms with van der Waals surface area (Å²) in [5.74, 6) is -0.852. The Labute approximate surface area is 115 Å². The van der Waals surface area contributed by atoms with Crippen LogP contribution in [-0.2, 0) is 0 Å². The van der Waals surface area contributed by atoms with E-state index < -0.39 is 17.1 Å². The van der Waals surface area contributed by atoms with Gasteiger partial charge in [0.05, 0.1) is 28.2 Å². The molecule has 0 N–H and O–H groups in total. The predicted octanol–water partition coefficient (Wildman–Crippen LogP) is 0.165. The van der Waals surface area contributed by atoms with E-state index in [2.05, 4.69) is 22.6 Å². The number of carbonyl (C=O) groups is 1. The average Bonchev–Trinajstić information content (AvgIpc) is 2.73. The van der Waals surface area contributed by atoms with Crippen LogP contribution in [0.2, 0.25) is 0 Å². The molecule has 2 heterocycles. The smallest absolute Gasteiger partial charge is 0.260 e. The molecule has 7 heteroatoms. The molecule has 0 saturated heterocycles. The summed E-state index contributed by atoms with van der Waals surface area (Å²) in [7, 11) is 0. The topological polar surface area (TPSA) is 85.9 Å². The van der Waals surface area contributed by atoms with Gasteiger partial charge in [-0.15, -0.1) is 11.8 Å². The number of fused-ring (bicyclic) bond motifs is 1. The SMILES string of the molecule is N#Cc1cc(C(=O)[O-])c(=O)n2c1SC[C@@H]2CI. The van der Waals surface area contributed by atoms with E-state index in [1.807, 2.05) is 6.07 Å². The third-order valence-corrected chi connectivity index (χ3v) is 4.74. The molecule has 0 aromatic carbocycles. The number of nitrogens with zero attached hydrogens (tertiary/aromatic N) is 2. The molecule has 1 atom stereocenters. The lowest BCUT2D eigenvalue weighted by molar-refractivity contribution is -0.255. The number of carbonyl (C=O) groups excluding carboxylic acids is 1. The van der Waals surface area contributed by atoms with E-state index in [9.17, 15) is 14.7 Å². The molecule has 0 saturated carbocycles. The van der Waals surface area contributed by atoms with Crippen LogP contribution in [-0.4, -0.2) is 20.7 Å². The van der Waals surface area contributed by atoms with Crippen LogP contribution in [0.25, 0.3) is 0 Å². The van der Waals surface area contributed by atoms with Gasteiger partial charge in [0.15, 0.2) is 0 Å². The summed E-state index contributed by atoms with van der Waals surface area (Å²) >= 11 is 3.55. The molecule has 0 fully saturated rings. The van der Waals surface area contributed by atoms with Crippen molar-refractivity contribution < 1.29 is 9.90 Å². The van der Waals surface area contributed by atoms with Gasteiger partial charge in [-0.2, -0.15) is 5.26 Å². The Balaban J connectivity index is 2.77. The molecule has 88 valence electrons. The lowest BCUT2D eigenvalue weighted by Gasteiger charge is -2.13. The second kappa shape index (κ2) is 4.70. The zero-order valence-electron chi connectivity index (χ0n) is 8.47. The number of aromatic nitrogens is 1. The van der Waals surface area contributed by atoms with E-state index in [1.54, 1.807) is 0 Å². The molecular formula is C10H6IN2O3S-. The molecule has 0 amide bonds. The Hall–Kier alpha value is -1.01. The number of nitriles is 1. The first-order valence-electron chi connectivity index (χ1n) is 4.70. The molecule has 1 aliphatic rings. The van der Waals surface area contributed by atoms with Gasteiger partial charge < -0.3 is 9.90 Å². The van der Waals surface area contributed by atoms with E-state index in [0.29, 0.717) is 15.2 Å². The highest BCUT2D eigenvalue weighted by atomic mass is 127. The van der Waals surface area contributed by atoms with E-state index in [1.165, 1.54) is 16.3 Å². The minimum Gasteiger partial charge on any atom is -0.545 e. The molecule has 1 aromatic rings. The monoisotopic (exact) mass is 361 g/mol. The van der Waals surface area contributed by atoms with Crippen LogP contribution >= 0.6 is 34.4 Å². The average molecular weight is 361 g/mol. The number of carboxylic acid groups (broad SMARTS) is 1. The number of halogens is 1. The van der Waals surface area contributed by atoms with E-state index >= 15 is 0 Å². The number of alkyl halides is 1. The lowest BCUT2D eigenvalue weighted by Crippen LogP contribution is -2.35. The molecule has 1 aliphatic heterocycles. The Bertz CT molecular complexity index is 590. The van der Waals surface area contributed by atoms with Gasteiger partial charge in [-0.3, -0.25) is 9.36 Å². The summed E-state index contributed by atoms with van der Waals surface area (Å²) in [6.45, 7) is 0. The van der Waals surface area contributed by atoms with Crippen LogP contribution in [0.4, 0.5) is 0 Å². The van der Waals surface area contributed by atoms with Gasteiger partial charge >= 0.3 is 0 Å². The van der Waals surface area contributed by atoms with Gasteiger partial charge in [-0.1, -0.05) is 22.6 Å². The molecule has 0 bridgehead atoms. The fourth-order valence-electron chi connectivity index (χ4n) is 1.69. The van der Waals surface area contributed by atoms with Crippen molar-refractivity contribution in [1.29, 1.82) is 5.26 Å². The third kappa shape index (κ3) is 1.95. The van der Waals surface area contributed by atoms with Crippen molar-refractivity contribution in [3.05, 3.63) is 27.5 Å². The van der Waals surface area contributed by atoms with Gasteiger partial charge in [0, 0.05) is 10.2 Å². The van der Waals surface area contributed by atoms with Crippen molar-refractivity contribution in [2.75, 3.05) is 10.2 Å². The standard InChI is InChI=1S/C10H7IN2O3S/c11-2-6-4-17-9-5(3-12)1-7(10(15)16)8(14)13(6)9/h1,6H,2,4H2,(H,15,16)/p-1/t6-/m0/s1. The van der Waals surface area contributed by atoms with Gasteiger partial charge in [-0.25, -0.2) is 0 Å². The first-order valence-corrected chi connectivity index (χ1v) is 7.21. The Morgan fingerprint density at radius 1 is 1.76 bits per heavy atom. The number of aromatic carboxylic acids is 1. The van der Waals surface area contributed by atoms with Crippen LogP contribution < -0.4 is 10.7 Å². The molecule has 0 unspecified atom stereocenters. The van der Waals surface area contributed by atoms with Crippen molar-refractivity contribution in [1.82, 2.24) is 4.57 Å². The summed E-state index contributed by atoms with van der Waals surface area (Å²) < 4.78 is 2.10. The molecule has 2 rings (SSSR count). The van der Waals surface area contributed by atoms with Crippen molar-refractivity contribution in [3.63, 3.8) is 0 Å². The number of hydrogen-bond acceptors (Lipinski definition) is 5. The van der Waals surface area contributed by atoms with E-state index in [4.69, 9.17) is 5.26 Å². The minimum absolute atomic E-state index is 0.0606. The Morgan fingerprint density at radius 3 is 3.00 bits per heavy atom. The third-order valence-electron chi connectivity index (χ3n) is 2.48. The largest absolute Gasteiger partial charge is 0.545 e. The maximum atomic E-state index is 12.0.